The van der Waals surface area contributed by atoms with E-state index in [1.807, 2.05) is 37.3 Å². The molecule has 4 aromatic rings. The predicted molar refractivity (Wildman–Crippen MR) is 142 cm³/mol. The Balaban J connectivity index is 1.38. The Kier molecular flexibility index (Phi) is 7.26. The van der Waals surface area contributed by atoms with Gasteiger partial charge in [0.2, 0.25) is 11.7 Å². The standard InChI is InChI=1S/C29H26N4O5/c1-3-36-29(35)25-26(34)24(16-19-17-32-27-22(19)8-6-13-31-27)38-28(25)33-23-10-9-21(15-18(23)2)37-14-11-20-7-4-5-12-30-20/h4-10,12-13,15-17,25H,3,11,14H2,1-2H3,(H,31,32)/b24-16-,33-28?. The Bertz CT molecular complexity index is 1540. The molecule has 5 rings (SSSR count). The van der Waals surface area contributed by atoms with E-state index in [2.05, 4.69) is 19.9 Å². The molecule has 0 spiro atoms. The van der Waals surface area contributed by atoms with Gasteiger partial charge in [0, 0.05) is 41.7 Å². The lowest BCUT2D eigenvalue weighted by molar-refractivity contribution is -0.147. The van der Waals surface area contributed by atoms with Gasteiger partial charge in [-0.25, -0.2) is 9.98 Å². The van der Waals surface area contributed by atoms with Crippen LogP contribution < -0.4 is 4.74 Å². The second-order valence-corrected chi connectivity index (χ2v) is 8.62. The normalized spacial score (nSPS) is 17.2. The zero-order chi connectivity index (χ0) is 26.5. The molecule has 1 aliphatic rings. The fraction of sp³-hybridized carbons (Fsp3) is 0.207. The topological polar surface area (TPSA) is 116 Å². The number of nitrogens with one attached hydrogen (secondary N) is 1. The average molecular weight is 511 g/mol. The quantitative estimate of drug-likeness (QED) is 0.207. The number of aromatic amines is 1. The number of rotatable bonds is 8. The molecular weight excluding hydrogens is 484 g/mol. The molecule has 3 aromatic heterocycles. The molecule has 38 heavy (non-hydrogen) atoms. The van der Waals surface area contributed by atoms with Gasteiger partial charge in [-0.05, 0) is 68.0 Å². The van der Waals surface area contributed by atoms with Gasteiger partial charge in [-0.15, -0.1) is 0 Å². The monoisotopic (exact) mass is 510 g/mol. The summed E-state index contributed by atoms with van der Waals surface area (Å²) in [6.45, 7) is 4.16. The summed E-state index contributed by atoms with van der Waals surface area (Å²) in [5.74, 6) is -1.82. The Hall–Kier alpha value is -4.79. The number of allylic oxidation sites excluding steroid dienone is 1. The minimum Gasteiger partial charge on any atom is -0.493 e. The smallest absolute Gasteiger partial charge is 0.326 e. The molecule has 1 aliphatic heterocycles. The van der Waals surface area contributed by atoms with E-state index < -0.39 is 17.7 Å². The van der Waals surface area contributed by atoms with Crippen LogP contribution in [0.25, 0.3) is 17.1 Å². The maximum absolute atomic E-state index is 13.2. The largest absolute Gasteiger partial charge is 0.493 e. The number of hydrogen-bond donors (Lipinski definition) is 1. The lowest BCUT2D eigenvalue weighted by Crippen LogP contribution is -2.27. The average Bonchev–Trinajstić information content (AvgIpc) is 3.47. The highest BCUT2D eigenvalue weighted by Crippen LogP contribution is 2.31. The van der Waals surface area contributed by atoms with E-state index in [-0.39, 0.29) is 18.3 Å². The van der Waals surface area contributed by atoms with Crippen LogP contribution in [0.5, 0.6) is 5.75 Å². The van der Waals surface area contributed by atoms with Crippen molar-refractivity contribution in [2.75, 3.05) is 13.2 Å². The Morgan fingerprint density at radius 1 is 1.16 bits per heavy atom. The molecule has 0 amide bonds. The molecule has 4 heterocycles. The molecule has 192 valence electrons. The number of carbonyl (C=O) groups excluding carboxylic acids is 2. The number of ether oxygens (including phenoxy) is 3. The summed E-state index contributed by atoms with van der Waals surface area (Å²) in [6.07, 6.45) is 7.43. The maximum Gasteiger partial charge on any atom is 0.326 e. The van der Waals surface area contributed by atoms with Crippen LogP contribution >= 0.6 is 0 Å². The molecule has 1 fully saturated rings. The molecule has 1 saturated heterocycles. The number of aliphatic imine (C=N–C) groups is 1. The second kappa shape index (κ2) is 11.1. The summed E-state index contributed by atoms with van der Waals surface area (Å²) < 4.78 is 16.9. The highest BCUT2D eigenvalue weighted by atomic mass is 16.5. The first kappa shape index (κ1) is 24.9. The molecule has 0 saturated carbocycles. The van der Waals surface area contributed by atoms with Crippen molar-refractivity contribution in [2.45, 2.75) is 20.3 Å². The summed E-state index contributed by atoms with van der Waals surface area (Å²) in [7, 11) is 0. The molecule has 1 N–H and O–H groups in total. The van der Waals surface area contributed by atoms with Crippen LogP contribution in [0, 0.1) is 12.8 Å². The second-order valence-electron chi connectivity index (χ2n) is 8.62. The van der Waals surface area contributed by atoms with E-state index >= 15 is 0 Å². The number of benzene rings is 1. The number of H-pyrrole nitrogens is 1. The van der Waals surface area contributed by atoms with Gasteiger partial charge in [0.1, 0.15) is 11.4 Å². The SMILES string of the molecule is CCOC(=O)C1C(=O)/C(=C/c2c[nH]c3ncccc23)OC1=Nc1ccc(OCCc2ccccn2)cc1C. The number of aromatic nitrogens is 3. The van der Waals surface area contributed by atoms with Crippen molar-refractivity contribution in [3.63, 3.8) is 0 Å². The van der Waals surface area contributed by atoms with E-state index in [1.54, 1.807) is 49.8 Å². The molecule has 0 aliphatic carbocycles. The van der Waals surface area contributed by atoms with Crippen LogP contribution in [-0.2, 0) is 25.5 Å². The van der Waals surface area contributed by atoms with Crippen molar-refractivity contribution < 1.29 is 23.8 Å². The van der Waals surface area contributed by atoms with Gasteiger partial charge in [-0.1, -0.05) is 6.07 Å². The number of esters is 1. The minimum atomic E-state index is -1.28. The molecule has 0 radical (unpaired) electrons. The molecule has 1 aromatic carbocycles. The summed E-state index contributed by atoms with van der Waals surface area (Å²) >= 11 is 0. The number of carbonyl (C=O) groups is 2. The van der Waals surface area contributed by atoms with E-state index in [1.165, 1.54) is 0 Å². The number of Topliss-reactive ketones (excluding diaryl/α,β-unsaturated/α-hetero) is 1. The highest BCUT2D eigenvalue weighted by molar-refractivity contribution is 6.27. The minimum absolute atomic E-state index is 0.0127. The number of ketones is 1. The maximum atomic E-state index is 13.2. The van der Waals surface area contributed by atoms with Crippen molar-refractivity contribution in [1.82, 2.24) is 15.0 Å². The van der Waals surface area contributed by atoms with Crippen molar-refractivity contribution in [3.8, 4) is 5.75 Å². The highest BCUT2D eigenvalue weighted by Gasteiger charge is 2.44. The summed E-state index contributed by atoms with van der Waals surface area (Å²) in [6, 6.07) is 14.9. The first-order valence-corrected chi connectivity index (χ1v) is 12.3. The van der Waals surface area contributed by atoms with Crippen LogP contribution in [-0.4, -0.2) is 45.8 Å². The van der Waals surface area contributed by atoms with E-state index in [0.717, 1.165) is 16.6 Å². The fourth-order valence-corrected chi connectivity index (χ4v) is 4.12. The third-order valence-electron chi connectivity index (χ3n) is 6.01. The van der Waals surface area contributed by atoms with Crippen molar-refractivity contribution in [1.29, 1.82) is 0 Å². The van der Waals surface area contributed by atoms with Crippen LogP contribution in [0.4, 0.5) is 5.69 Å². The van der Waals surface area contributed by atoms with Gasteiger partial charge in [-0.2, -0.15) is 0 Å². The number of aryl methyl sites for hydroxylation is 1. The molecular formula is C29H26N4O5. The van der Waals surface area contributed by atoms with Crippen molar-refractivity contribution >= 4 is 40.4 Å². The Morgan fingerprint density at radius 2 is 2.03 bits per heavy atom. The summed E-state index contributed by atoms with van der Waals surface area (Å²) in [5, 5.41) is 0.823. The van der Waals surface area contributed by atoms with Gasteiger partial charge in [0.25, 0.3) is 0 Å². The van der Waals surface area contributed by atoms with Crippen molar-refractivity contribution in [3.05, 3.63) is 89.7 Å². The summed E-state index contributed by atoms with van der Waals surface area (Å²) in [5.41, 5.74) is 3.69. The molecule has 9 nitrogen and oxygen atoms in total. The van der Waals surface area contributed by atoms with E-state index in [4.69, 9.17) is 14.2 Å². The lowest BCUT2D eigenvalue weighted by Gasteiger charge is -2.10. The number of pyridine rings is 2. The van der Waals surface area contributed by atoms with E-state index in [9.17, 15) is 9.59 Å². The molecule has 1 unspecified atom stereocenters. The van der Waals surface area contributed by atoms with Crippen LogP contribution in [0.15, 0.2) is 77.9 Å². The molecule has 9 heteroatoms. The van der Waals surface area contributed by atoms with Crippen molar-refractivity contribution in [2.24, 2.45) is 10.9 Å². The fourth-order valence-electron chi connectivity index (χ4n) is 4.12. The van der Waals surface area contributed by atoms with Crippen LogP contribution in [0.2, 0.25) is 0 Å². The first-order chi connectivity index (χ1) is 18.5. The van der Waals surface area contributed by atoms with E-state index in [0.29, 0.717) is 35.7 Å². The number of nitrogens with zero attached hydrogens (tertiary/aromatic N) is 3. The van der Waals surface area contributed by atoms with Gasteiger partial charge in [0.15, 0.2) is 11.7 Å². The number of fused-ring (bicyclic) bond motifs is 1. The number of hydrogen-bond acceptors (Lipinski definition) is 8. The summed E-state index contributed by atoms with van der Waals surface area (Å²) in [4.78, 5) is 42.1. The lowest BCUT2D eigenvalue weighted by atomic mass is 10.0. The predicted octanol–water partition coefficient (Wildman–Crippen LogP) is 4.74. The van der Waals surface area contributed by atoms with Gasteiger partial charge in [0.05, 0.1) is 18.9 Å². The third-order valence-corrected chi connectivity index (χ3v) is 6.01. The Morgan fingerprint density at radius 3 is 2.82 bits per heavy atom. The van der Waals surface area contributed by atoms with Gasteiger partial charge in [-0.3, -0.25) is 14.6 Å². The first-order valence-electron chi connectivity index (χ1n) is 12.3. The third kappa shape index (κ3) is 5.31. The van der Waals surface area contributed by atoms with Gasteiger partial charge >= 0.3 is 5.97 Å². The molecule has 1 atom stereocenters. The van der Waals surface area contributed by atoms with Crippen LogP contribution in [0.1, 0.15) is 23.7 Å². The Labute approximate surface area is 219 Å². The van der Waals surface area contributed by atoms with Crippen LogP contribution in [0.3, 0.4) is 0 Å². The zero-order valence-corrected chi connectivity index (χ0v) is 21.0. The molecule has 0 bridgehead atoms. The zero-order valence-electron chi connectivity index (χ0n) is 21.0. The van der Waals surface area contributed by atoms with Gasteiger partial charge < -0.3 is 19.2 Å².